The van der Waals surface area contributed by atoms with E-state index in [2.05, 4.69) is 26.6 Å². The van der Waals surface area contributed by atoms with Crippen molar-refractivity contribution in [1.29, 1.82) is 5.26 Å². The molecule has 1 aromatic heterocycles. The van der Waals surface area contributed by atoms with E-state index < -0.39 is 0 Å². The van der Waals surface area contributed by atoms with Gasteiger partial charge in [0.15, 0.2) is 5.82 Å². The van der Waals surface area contributed by atoms with E-state index in [1.54, 1.807) is 54.7 Å². The first-order valence-corrected chi connectivity index (χ1v) is 7.37. The first-order valence-electron chi connectivity index (χ1n) is 7.00. The number of nitrogens with zero attached hydrogens (tertiary/aromatic N) is 3. The molecule has 2 aromatic carbocycles. The van der Waals surface area contributed by atoms with Crippen molar-refractivity contribution in [1.82, 2.24) is 10.2 Å². The van der Waals surface area contributed by atoms with Gasteiger partial charge in [0.05, 0.1) is 0 Å². The van der Waals surface area contributed by atoms with Gasteiger partial charge in [-0.05, 0) is 54.1 Å². The Hall–Kier alpha value is -3.30. The number of phenols is 1. The summed E-state index contributed by atoms with van der Waals surface area (Å²) in [6.07, 6.45) is 1.57. The number of hydrogen-bond donors (Lipinski definition) is 3. The molecule has 3 aromatic rings. The van der Waals surface area contributed by atoms with E-state index in [4.69, 9.17) is 11.6 Å². The third-order valence-corrected chi connectivity index (χ3v) is 3.45. The maximum absolute atomic E-state index is 9.37. The van der Waals surface area contributed by atoms with Gasteiger partial charge >= 0.3 is 0 Å². The third kappa shape index (κ3) is 3.54. The van der Waals surface area contributed by atoms with Gasteiger partial charge in [0.2, 0.25) is 0 Å². The Morgan fingerprint density at radius 3 is 2.54 bits per heavy atom. The molecule has 0 fully saturated rings. The number of hydrogen-bond acceptors (Lipinski definition) is 5. The number of aromatic amines is 1. The summed E-state index contributed by atoms with van der Waals surface area (Å²) in [6, 6.07) is 15.7. The number of phenolic OH excluding ortho intramolecular Hbond substituents is 1. The molecule has 6 nitrogen and oxygen atoms in total. The molecule has 0 unspecified atom stereocenters. The molecule has 0 saturated heterocycles. The largest absolute Gasteiger partial charge is 0.508 e. The highest BCUT2D eigenvalue weighted by Crippen LogP contribution is 2.26. The van der Waals surface area contributed by atoms with Gasteiger partial charge in [0.25, 0.3) is 0 Å². The van der Waals surface area contributed by atoms with E-state index in [0.29, 0.717) is 16.4 Å². The lowest BCUT2D eigenvalue weighted by Gasteiger charge is -2.03. The van der Waals surface area contributed by atoms with Crippen molar-refractivity contribution in [2.45, 2.75) is 0 Å². The van der Waals surface area contributed by atoms with Gasteiger partial charge in [-0.15, -0.1) is 0 Å². The summed E-state index contributed by atoms with van der Waals surface area (Å²) in [4.78, 5) is 4.22. The smallest absolute Gasteiger partial charge is 0.193 e. The van der Waals surface area contributed by atoms with Crippen LogP contribution >= 0.6 is 11.6 Å². The maximum atomic E-state index is 9.37. The Bertz CT molecular complexity index is 908. The summed E-state index contributed by atoms with van der Waals surface area (Å²) >= 11 is 5.85. The normalized spacial score (nSPS) is 10.7. The lowest BCUT2D eigenvalue weighted by Crippen LogP contribution is -1.92. The number of anilines is 2. The minimum atomic E-state index is 0.180. The number of halogens is 1. The SMILES string of the molecule is N#Cc1c(N=Cc2ccc(O)cc2)n[nH]c1Nc1ccc(Cl)cc1. The van der Waals surface area contributed by atoms with Crippen molar-refractivity contribution in [3.8, 4) is 11.8 Å². The van der Waals surface area contributed by atoms with Crippen LogP contribution in [0.1, 0.15) is 11.1 Å². The van der Waals surface area contributed by atoms with Crippen molar-refractivity contribution >= 4 is 35.1 Å². The summed E-state index contributed by atoms with van der Waals surface area (Å²) < 4.78 is 0. The highest BCUT2D eigenvalue weighted by atomic mass is 35.5. The van der Waals surface area contributed by atoms with Crippen LogP contribution in [0.2, 0.25) is 5.02 Å². The molecule has 3 rings (SSSR count). The first-order chi connectivity index (χ1) is 11.7. The van der Waals surface area contributed by atoms with Crippen LogP contribution in [0.3, 0.4) is 0 Å². The number of H-pyrrole nitrogens is 1. The van der Waals surface area contributed by atoms with Gasteiger partial charge in [-0.2, -0.15) is 10.4 Å². The molecular weight excluding hydrogens is 326 g/mol. The van der Waals surface area contributed by atoms with Gasteiger partial charge < -0.3 is 10.4 Å². The fourth-order valence-electron chi connectivity index (χ4n) is 2.00. The zero-order valence-corrected chi connectivity index (χ0v) is 13.1. The lowest BCUT2D eigenvalue weighted by atomic mass is 10.2. The van der Waals surface area contributed by atoms with Gasteiger partial charge in [-0.25, -0.2) is 4.99 Å². The van der Waals surface area contributed by atoms with Crippen molar-refractivity contribution in [3.05, 3.63) is 64.7 Å². The van der Waals surface area contributed by atoms with Gasteiger partial charge in [-0.1, -0.05) is 11.6 Å². The Morgan fingerprint density at radius 1 is 1.17 bits per heavy atom. The van der Waals surface area contributed by atoms with Gasteiger partial charge in [-0.3, -0.25) is 5.10 Å². The maximum Gasteiger partial charge on any atom is 0.193 e. The van der Waals surface area contributed by atoms with E-state index in [1.807, 2.05) is 0 Å². The van der Waals surface area contributed by atoms with Crippen LogP contribution in [-0.2, 0) is 0 Å². The molecule has 3 N–H and O–H groups in total. The van der Waals surface area contributed by atoms with E-state index in [-0.39, 0.29) is 11.6 Å². The predicted molar refractivity (Wildman–Crippen MR) is 93.4 cm³/mol. The van der Waals surface area contributed by atoms with Crippen molar-refractivity contribution in [3.63, 3.8) is 0 Å². The molecule has 0 bridgehead atoms. The van der Waals surface area contributed by atoms with Crippen molar-refractivity contribution in [2.75, 3.05) is 5.32 Å². The van der Waals surface area contributed by atoms with Crippen LogP contribution in [0.25, 0.3) is 0 Å². The van der Waals surface area contributed by atoms with Crippen molar-refractivity contribution in [2.24, 2.45) is 4.99 Å². The number of nitriles is 1. The van der Waals surface area contributed by atoms with Crippen LogP contribution in [-0.4, -0.2) is 21.5 Å². The van der Waals surface area contributed by atoms with Crippen LogP contribution in [0, 0.1) is 11.3 Å². The molecular formula is C17H12ClN5O. The van der Waals surface area contributed by atoms with Crippen LogP contribution in [0.4, 0.5) is 17.3 Å². The number of aromatic nitrogens is 2. The van der Waals surface area contributed by atoms with Crippen LogP contribution in [0.15, 0.2) is 53.5 Å². The number of benzene rings is 2. The van der Waals surface area contributed by atoms with Crippen LogP contribution in [0.5, 0.6) is 5.75 Å². The predicted octanol–water partition coefficient (Wildman–Crippen LogP) is 4.13. The molecule has 7 heteroatoms. The van der Waals surface area contributed by atoms with Crippen LogP contribution < -0.4 is 5.32 Å². The number of nitrogens with one attached hydrogen (secondary N) is 2. The van der Waals surface area contributed by atoms with E-state index in [0.717, 1.165) is 11.3 Å². The molecule has 0 amide bonds. The Labute approximate surface area is 143 Å². The topological polar surface area (TPSA) is 97.1 Å². The Kier molecular flexibility index (Phi) is 4.45. The summed E-state index contributed by atoms with van der Waals surface area (Å²) in [6.45, 7) is 0. The average Bonchev–Trinajstić information content (AvgIpc) is 2.98. The molecule has 0 saturated carbocycles. The molecule has 0 radical (unpaired) electrons. The van der Waals surface area contributed by atoms with Gasteiger partial charge in [0.1, 0.15) is 23.2 Å². The summed E-state index contributed by atoms with van der Waals surface area (Å²) in [7, 11) is 0. The van der Waals surface area contributed by atoms with E-state index >= 15 is 0 Å². The Balaban J connectivity index is 1.83. The average molecular weight is 338 g/mol. The molecule has 0 aliphatic rings. The van der Waals surface area contributed by atoms with E-state index in [9.17, 15) is 10.4 Å². The third-order valence-electron chi connectivity index (χ3n) is 3.20. The van der Waals surface area contributed by atoms with Crippen molar-refractivity contribution < 1.29 is 5.11 Å². The Morgan fingerprint density at radius 2 is 1.88 bits per heavy atom. The monoisotopic (exact) mass is 337 g/mol. The van der Waals surface area contributed by atoms with E-state index in [1.165, 1.54) is 0 Å². The minimum absolute atomic E-state index is 0.180. The second kappa shape index (κ2) is 6.86. The zero-order valence-electron chi connectivity index (χ0n) is 12.4. The summed E-state index contributed by atoms with van der Waals surface area (Å²) in [5.74, 6) is 0.916. The second-order valence-electron chi connectivity index (χ2n) is 4.89. The second-order valence-corrected chi connectivity index (χ2v) is 5.33. The fourth-order valence-corrected chi connectivity index (χ4v) is 2.12. The first kappa shape index (κ1) is 15.6. The molecule has 24 heavy (non-hydrogen) atoms. The van der Waals surface area contributed by atoms with Gasteiger partial charge in [0, 0.05) is 16.9 Å². The fraction of sp³-hybridized carbons (Fsp3) is 0. The molecule has 0 spiro atoms. The number of aliphatic imine (C=N–C) groups is 1. The molecule has 1 heterocycles. The lowest BCUT2D eigenvalue weighted by molar-refractivity contribution is 0.475. The highest BCUT2D eigenvalue weighted by molar-refractivity contribution is 6.30. The number of aromatic hydroxyl groups is 1. The zero-order chi connectivity index (χ0) is 16.9. The molecule has 0 aliphatic carbocycles. The summed E-state index contributed by atoms with van der Waals surface area (Å²) in [5, 5.41) is 29.1. The quantitative estimate of drug-likeness (QED) is 0.623. The standard InChI is InChI=1S/C17H12ClN5O/c18-12-3-5-13(6-4-12)21-17-15(9-19)16(22-23-17)20-10-11-1-7-14(24)8-2-11/h1-8,10,24H,(H2,21,22,23). The molecule has 118 valence electrons. The number of rotatable bonds is 4. The minimum Gasteiger partial charge on any atom is -0.508 e. The highest BCUT2D eigenvalue weighted by Gasteiger charge is 2.12. The molecule has 0 aliphatic heterocycles. The summed E-state index contributed by atoms with van der Waals surface area (Å²) in [5.41, 5.74) is 1.86. The molecule has 0 atom stereocenters.